The molecule has 5 aromatic rings. The van der Waals surface area contributed by atoms with Gasteiger partial charge in [0, 0.05) is 38.7 Å². The van der Waals surface area contributed by atoms with E-state index in [2.05, 4.69) is 20.9 Å². The number of ether oxygens (including phenoxy) is 3. The summed E-state index contributed by atoms with van der Waals surface area (Å²) in [7, 11) is 4.47. The third-order valence-electron chi connectivity index (χ3n) is 6.92. The molecule has 0 saturated heterocycles. The molecule has 13 heteroatoms. The van der Waals surface area contributed by atoms with E-state index in [-0.39, 0.29) is 23.2 Å². The standard InChI is InChI=1S/C36H31FN4O6S2/c1-45-30-19-32(47-3)31(46-2)17-24(30)16-28(39-34(43)23-8-5-4-6-9-23)35(44)38-26-10-7-11-27(18-26)48-21-33(42)41-36-40-29(20-49-36)22-12-14-25(37)15-13-22/h4-20H,21H2,1-3H3,(H,38,44)(H,39,43)(H,40,41,42)/b28-16+. The van der Waals surface area contributed by atoms with E-state index >= 15 is 0 Å². The zero-order valence-electron chi connectivity index (χ0n) is 26.6. The highest BCUT2D eigenvalue weighted by molar-refractivity contribution is 8.00. The van der Waals surface area contributed by atoms with E-state index in [9.17, 15) is 18.8 Å². The van der Waals surface area contributed by atoms with Crippen LogP contribution < -0.4 is 30.2 Å². The van der Waals surface area contributed by atoms with Crippen LogP contribution in [0.5, 0.6) is 17.2 Å². The summed E-state index contributed by atoms with van der Waals surface area (Å²) in [5, 5.41) is 10.5. The van der Waals surface area contributed by atoms with Gasteiger partial charge in [0.1, 0.15) is 17.3 Å². The molecule has 0 unspecified atom stereocenters. The van der Waals surface area contributed by atoms with Crippen LogP contribution in [0.1, 0.15) is 15.9 Å². The molecule has 49 heavy (non-hydrogen) atoms. The predicted octanol–water partition coefficient (Wildman–Crippen LogP) is 7.12. The Balaban J connectivity index is 1.29. The van der Waals surface area contributed by atoms with E-state index in [0.29, 0.717) is 44.9 Å². The summed E-state index contributed by atoms with van der Waals surface area (Å²) in [5.41, 5.74) is 2.58. The van der Waals surface area contributed by atoms with Gasteiger partial charge < -0.3 is 30.2 Å². The highest BCUT2D eigenvalue weighted by Gasteiger charge is 2.18. The number of nitrogens with zero attached hydrogens (tertiary/aromatic N) is 1. The maximum absolute atomic E-state index is 13.7. The first-order valence-corrected chi connectivity index (χ1v) is 16.6. The molecule has 4 aromatic carbocycles. The van der Waals surface area contributed by atoms with Crippen molar-refractivity contribution in [3.05, 3.63) is 119 Å². The number of hydrogen-bond acceptors (Lipinski definition) is 9. The molecule has 1 heterocycles. The molecule has 3 N–H and O–H groups in total. The fraction of sp³-hybridized carbons (Fsp3) is 0.111. The summed E-state index contributed by atoms with van der Waals surface area (Å²) in [5.74, 6) is -0.380. The van der Waals surface area contributed by atoms with Crippen LogP contribution >= 0.6 is 23.1 Å². The molecule has 0 saturated carbocycles. The Morgan fingerprint density at radius 3 is 2.27 bits per heavy atom. The fourth-order valence-electron chi connectivity index (χ4n) is 4.51. The smallest absolute Gasteiger partial charge is 0.272 e. The van der Waals surface area contributed by atoms with Gasteiger partial charge in [-0.05, 0) is 66.7 Å². The lowest BCUT2D eigenvalue weighted by Gasteiger charge is -2.15. The monoisotopic (exact) mass is 698 g/mol. The number of anilines is 2. The lowest BCUT2D eigenvalue weighted by Crippen LogP contribution is -2.30. The molecular formula is C36H31FN4O6S2. The maximum Gasteiger partial charge on any atom is 0.272 e. The van der Waals surface area contributed by atoms with Gasteiger partial charge in [-0.1, -0.05) is 24.3 Å². The van der Waals surface area contributed by atoms with Crippen LogP contribution in [0.4, 0.5) is 15.2 Å². The number of hydrogen-bond donors (Lipinski definition) is 3. The van der Waals surface area contributed by atoms with Crippen LogP contribution in [0.3, 0.4) is 0 Å². The molecule has 0 fully saturated rings. The molecular weight excluding hydrogens is 668 g/mol. The molecule has 0 atom stereocenters. The largest absolute Gasteiger partial charge is 0.496 e. The van der Waals surface area contributed by atoms with Crippen LogP contribution in [-0.2, 0) is 9.59 Å². The normalized spacial score (nSPS) is 11.0. The van der Waals surface area contributed by atoms with E-state index in [1.54, 1.807) is 78.2 Å². The Kier molecular flexibility index (Phi) is 11.6. The van der Waals surface area contributed by atoms with Crippen LogP contribution in [0.2, 0.25) is 0 Å². The molecule has 0 aliphatic rings. The van der Waals surface area contributed by atoms with Gasteiger partial charge in [-0.2, -0.15) is 0 Å². The summed E-state index contributed by atoms with van der Waals surface area (Å²) in [6.45, 7) is 0. The van der Waals surface area contributed by atoms with Crippen molar-refractivity contribution in [2.24, 2.45) is 0 Å². The molecule has 1 aromatic heterocycles. The molecule has 0 aliphatic heterocycles. The molecule has 3 amide bonds. The predicted molar refractivity (Wildman–Crippen MR) is 190 cm³/mol. The van der Waals surface area contributed by atoms with Gasteiger partial charge in [0.25, 0.3) is 11.8 Å². The highest BCUT2D eigenvalue weighted by atomic mass is 32.2. The minimum atomic E-state index is -0.596. The van der Waals surface area contributed by atoms with Gasteiger partial charge >= 0.3 is 0 Å². The number of halogens is 1. The average Bonchev–Trinajstić information content (AvgIpc) is 3.59. The lowest BCUT2D eigenvalue weighted by atomic mass is 10.1. The second kappa shape index (κ2) is 16.4. The van der Waals surface area contributed by atoms with E-state index in [1.807, 2.05) is 6.07 Å². The topological polar surface area (TPSA) is 128 Å². The number of rotatable bonds is 13. The quantitative estimate of drug-likeness (QED) is 0.0877. The average molecular weight is 699 g/mol. The Hall–Kier alpha value is -5.66. The Labute approximate surface area is 290 Å². The van der Waals surface area contributed by atoms with Crippen LogP contribution in [-0.4, -0.2) is 49.8 Å². The van der Waals surface area contributed by atoms with Gasteiger partial charge in [0.2, 0.25) is 5.91 Å². The first-order chi connectivity index (χ1) is 23.8. The third kappa shape index (κ3) is 9.24. The van der Waals surface area contributed by atoms with Gasteiger partial charge in [0.05, 0.1) is 32.8 Å². The number of thiazole rings is 1. The van der Waals surface area contributed by atoms with Crippen molar-refractivity contribution in [3.8, 4) is 28.5 Å². The molecule has 5 rings (SSSR count). The lowest BCUT2D eigenvalue weighted by molar-refractivity contribution is -0.114. The van der Waals surface area contributed by atoms with Crippen molar-refractivity contribution in [1.29, 1.82) is 0 Å². The summed E-state index contributed by atoms with van der Waals surface area (Å²) in [6, 6.07) is 24.7. The SMILES string of the molecule is COc1cc(OC)c(OC)cc1/C=C(/NC(=O)c1ccccc1)C(=O)Nc1cccc(SCC(=O)Nc2nc(-c3ccc(F)cc3)cs2)c1. The van der Waals surface area contributed by atoms with Gasteiger partial charge in [-0.15, -0.1) is 23.1 Å². The van der Waals surface area contributed by atoms with Gasteiger partial charge in [0.15, 0.2) is 16.6 Å². The number of methoxy groups -OCH3 is 3. The Morgan fingerprint density at radius 1 is 0.837 bits per heavy atom. The first kappa shape index (κ1) is 34.7. The van der Waals surface area contributed by atoms with Crippen molar-refractivity contribution >= 4 is 57.7 Å². The van der Waals surface area contributed by atoms with Crippen molar-refractivity contribution in [1.82, 2.24) is 10.3 Å². The maximum atomic E-state index is 13.7. The zero-order valence-corrected chi connectivity index (χ0v) is 28.2. The van der Waals surface area contributed by atoms with Gasteiger partial charge in [-0.3, -0.25) is 14.4 Å². The first-order valence-electron chi connectivity index (χ1n) is 14.7. The number of amides is 3. The second-order valence-electron chi connectivity index (χ2n) is 10.2. The minimum Gasteiger partial charge on any atom is -0.496 e. The number of benzene rings is 4. The zero-order chi connectivity index (χ0) is 34.8. The van der Waals surface area contributed by atoms with E-state index in [4.69, 9.17) is 14.2 Å². The fourth-order valence-corrected chi connectivity index (χ4v) is 6.01. The van der Waals surface area contributed by atoms with Crippen molar-refractivity contribution in [2.45, 2.75) is 4.90 Å². The summed E-state index contributed by atoms with van der Waals surface area (Å²) in [4.78, 5) is 44.7. The van der Waals surface area contributed by atoms with E-state index in [0.717, 1.165) is 10.5 Å². The molecule has 10 nitrogen and oxygen atoms in total. The number of aromatic nitrogens is 1. The van der Waals surface area contributed by atoms with E-state index < -0.39 is 11.8 Å². The number of nitrogens with one attached hydrogen (secondary N) is 3. The minimum absolute atomic E-state index is 0.0553. The molecule has 0 radical (unpaired) electrons. The van der Waals surface area contributed by atoms with Crippen LogP contribution in [0, 0.1) is 5.82 Å². The molecule has 0 bridgehead atoms. The van der Waals surface area contributed by atoms with Crippen molar-refractivity contribution < 1.29 is 33.0 Å². The van der Waals surface area contributed by atoms with Crippen molar-refractivity contribution in [3.63, 3.8) is 0 Å². The molecule has 0 aliphatic carbocycles. The van der Waals surface area contributed by atoms with Gasteiger partial charge in [-0.25, -0.2) is 9.37 Å². The van der Waals surface area contributed by atoms with Crippen molar-refractivity contribution in [2.75, 3.05) is 37.7 Å². The third-order valence-corrected chi connectivity index (χ3v) is 8.67. The molecule has 250 valence electrons. The summed E-state index contributed by atoms with van der Waals surface area (Å²) < 4.78 is 29.6. The summed E-state index contributed by atoms with van der Waals surface area (Å²) in [6.07, 6.45) is 1.49. The number of carbonyl (C=O) groups is 3. The molecule has 0 spiro atoms. The van der Waals surface area contributed by atoms with Crippen LogP contribution in [0.25, 0.3) is 17.3 Å². The Bertz CT molecular complexity index is 1980. The van der Waals surface area contributed by atoms with Crippen LogP contribution in [0.15, 0.2) is 107 Å². The number of thioether (sulfide) groups is 1. The highest BCUT2D eigenvalue weighted by Crippen LogP contribution is 2.36. The van der Waals surface area contributed by atoms with E-state index in [1.165, 1.54) is 62.6 Å². The summed E-state index contributed by atoms with van der Waals surface area (Å²) >= 11 is 2.54. The Morgan fingerprint density at radius 2 is 1.55 bits per heavy atom. The second-order valence-corrected chi connectivity index (χ2v) is 12.1. The number of carbonyl (C=O) groups excluding carboxylic acids is 3.